The Hall–Kier alpha value is -2.17. The second-order valence-corrected chi connectivity index (χ2v) is 7.10. The van der Waals surface area contributed by atoms with Crippen molar-refractivity contribution < 1.29 is 9.13 Å². The third kappa shape index (κ3) is 5.16. The zero-order valence-electron chi connectivity index (χ0n) is 14.6. The fraction of sp³-hybridized carbons (Fsp3) is 0.182. The van der Waals surface area contributed by atoms with Crippen LogP contribution in [-0.4, -0.2) is 0 Å². The summed E-state index contributed by atoms with van der Waals surface area (Å²) in [4.78, 5) is 0. The fourth-order valence-electron chi connectivity index (χ4n) is 2.69. The van der Waals surface area contributed by atoms with Crippen molar-refractivity contribution in [3.8, 4) is 5.75 Å². The van der Waals surface area contributed by atoms with Crippen molar-refractivity contribution in [1.82, 2.24) is 5.32 Å². The maximum atomic E-state index is 13.0. The number of hydrogen-bond acceptors (Lipinski definition) is 2. The Morgan fingerprint density at radius 3 is 2.46 bits per heavy atom. The minimum absolute atomic E-state index is 0.236. The van der Waals surface area contributed by atoms with E-state index in [-0.39, 0.29) is 11.9 Å². The summed E-state index contributed by atoms with van der Waals surface area (Å²) < 4.78 is 20.0. The molecule has 3 aromatic carbocycles. The predicted molar refractivity (Wildman–Crippen MR) is 107 cm³/mol. The van der Waals surface area contributed by atoms with Crippen LogP contribution in [0, 0.1) is 5.82 Å². The van der Waals surface area contributed by atoms with Gasteiger partial charge in [0.05, 0.1) is 0 Å². The van der Waals surface area contributed by atoms with Crippen molar-refractivity contribution in [3.63, 3.8) is 0 Å². The summed E-state index contributed by atoms with van der Waals surface area (Å²) in [6, 6.07) is 22.9. The molecule has 1 N–H and O–H groups in total. The van der Waals surface area contributed by atoms with Crippen molar-refractivity contribution in [2.24, 2.45) is 0 Å². The Morgan fingerprint density at radius 2 is 1.73 bits per heavy atom. The lowest BCUT2D eigenvalue weighted by atomic mass is 10.1. The van der Waals surface area contributed by atoms with Crippen LogP contribution in [0.2, 0.25) is 0 Å². The molecule has 0 saturated heterocycles. The number of hydrogen-bond donors (Lipinski definition) is 1. The zero-order chi connectivity index (χ0) is 18.4. The molecule has 0 unspecified atom stereocenters. The molecule has 0 amide bonds. The standard InChI is InChI=1S/C22H21BrFNO/c1-16(18-5-3-2-4-6-18)25-14-19-13-20(23)9-12-22(19)26-15-17-7-10-21(24)11-8-17/h2-13,16,25H,14-15H2,1H3/t16-/m0/s1. The van der Waals surface area contributed by atoms with Gasteiger partial charge in [-0.15, -0.1) is 0 Å². The van der Waals surface area contributed by atoms with E-state index in [1.807, 2.05) is 30.3 Å². The SMILES string of the molecule is C[C@H](NCc1cc(Br)ccc1OCc1ccc(F)cc1)c1ccccc1. The molecule has 0 fully saturated rings. The van der Waals surface area contributed by atoms with E-state index in [1.54, 1.807) is 12.1 Å². The van der Waals surface area contributed by atoms with Gasteiger partial charge in [-0.05, 0) is 48.4 Å². The summed E-state index contributed by atoms with van der Waals surface area (Å²) >= 11 is 3.53. The third-order valence-electron chi connectivity index (χ3n) is 4.23. The summed E-state index contributed by atoms with van der Waals surface area (Å²) in [7, 11) is 0. The molecule has 0 heterocycles. The van der Waals surface area contributed by atoms with Gasteiger partial charge in [0.25, 0.3) is 0 Å². The third-order valence-corrected chi connectivity index (χ3v) is 4.72. The number of nitrogens with one attached hydrogen (secondary N) is 1. The first kappa shape index (κ1) is 18.6. The minimum atomic E-state index is -0.239. The highest BCUT2D eigenvalue weighted by Crippen LogP contribution is 2.25. The van der Waals surface area contributed by atoms with E-state index in [0.717, 1.165) is 21.3 Å². The topological polar surface area (TPSA) is 21.3 Å². The van der Waals surface area contributed by atoms with Gasteiger partial charge in [0.2, 0.25) is 0 Å². The van der Waals surface area contributed by atoms with Gasteiger partial charge < -0.3 is 10.1 Å². The second-order valence-electron chi connectivity index (χ2n) is 6.18. The molecule has 4 heteroatoms. The van der Waals surface area contributed by atoms with Gasteiger partial charge in [0, 0.05) is 22.6 Å². The molecule has 0 aliphatic rings. The van der Waals surface area contributed by atoms with E-state index in [4.69, 9.17) is 4.74 Å². The molecule has 134 valence electrons. The summed E-state index contributed by atoms with van der Waals surface area (Å²) in [6.07, 6.45) is 0. The van der Waals surface area contributed by atoms with E-state index in [2.05, 4.69) is 46.4 Å². The van der Waals surface area contributed by atoms with Gasteiger partial charge in [-0.2, -0.15) is 0 Å². The Balaban J connectivity index is 1.66. The normalized spacial score (nSPS) is 12.0. The Morgan fingerprint density at radius 1 is 1.00 bits per heavy atom. The molecule has 0 spiro atoms. The maximum Gasteiger partial charge on any atom is 0.124 e. The van der Waals surface area contributed by atoms with Gasteiger partial charge >= 0.3 is 0 Å². The number of benzene rings is 3. The molecule has 0 bridgehead atoms. The minimum Gasteiger partial charge on any atom is -0.489 e. The van der Waals surface area contributed by atoms with Crippen molar-refractivity contribution in [3.05, 3.63) is 99.8 Å². The quantitative estimate of drug-likeness (QED) is 0.511. The van der Waals surface area contributed by atoms with Crippen LogP contribution in [0.3, 0.4) is 0 Å². The molecule has 0 aliphatic carbocycles. The van der Waals surface area contributed by atoms with Gasteiger partial charge in [0.15, 0.2) is 0 Å². The van der Waals surface area contributed by atoms with Crippen LogP contribution in [0.1, 0.15) is 29.7 Å². The van der Waals surface area contributed by atoms with Crippen molar-refractivity contribution >= 4 is 15.9 Å². The van der Waals surface area contributed by atoms with Crippen LogP contribution < -0.4 is 10.1 Å². The maximum absolute atomic E-state index is 13.0. The van der Waals surface area contributed by atoms with Crippen molar-refractivity contribution in [2.45, 2.75) is 26.1 Å². The first-order valence-electron chi connectivity index (χ1n) is 8.56. The first-order chi connectivity index (χ1) is 12.6. The van der Waals surface area contributed by atoms with Gasteiger partial charge in [-0.3, -0.25) is 0 Å². The lowest BCUT2D eigenvalue weighted by Crippen LogP contribution is -2.18. The van der Waals surface area contributed by atoms with E-state index < -0.39 is 0 Å². The largest absolute Gasteiger partial charge is 0.489 e. The highest BCUT2D eigenvalue weighted by Gasteiger charge is 2.09. The summed E-state index contributed by atoms with van der Waals surface area (Å²) in [5.74, 6) is 0.586. The smallest absolute Gasteiger partial charge is 0.124 e. The number of rotatable bonds is 7. The first-order valence-corrected chi connectivity index (χ1v) is 9.35. The van der Waals surface area contributed by atoms with Crippen LogP contribution in [0.5, 0.6) is 5.75 Å². The lowest BCUT2D eigenvalue weighted by Gasteiger charge is -2.17. The molecule has 26 heavy (non-hydrogen) atoms. The van der Waals surface area contributed by atoms with E-state index in [1.165, 1.54) is 17.7 Å². The number of halogens is 2. The molecule has 0 aromatic heterocycles. The molecule has 3 rings (SSSR count). The highest BCUT2D eigenvalue weighted by atomic mass is 79.9. The molecular weight excluding hydrogens is 393 g/mol. The predicted octanol–water partition coefficient (Wildman–Crippen LogP) is 6.02. The lowest BCUT2D eigenvalue weighted by molar-refractivity contribution is 0.301. The van der Waals surface area contributed by atoms with Crippen molar-refractivity contribution in [1.29, 1.82) is 0 Å². The summed E-state index contributed by atoms with van der Waals surface area (Å²) in [6.45, 7) is 3.24. The molecule has 0 saturated carbocycles. The van der Waals surface area contributed by atoms with Crippen LogP contribution in [0.4, 0.5) is 4.39 Å². The zero-order valence-corrected chi connectivity index (χ0v) is 16.2. The van der Waals surface area contributed by atoms with Crippen LogP contribution in [0.25, 0.3) is 0 Å². The highest BCUT2D eigenvalue weighted by molar-refractivity contribution is 9.10. The van der Waals surface area contributed by atoms with Crippen LogP contribution in [-0.2, 0) is 13.2 Å². The van der Waals surface area contributed by atoms with Gasteiger partial charge in [-0.1, -0.05) is 58.4 Å². The second kappa shape index (κ2) is 8.97. The monoisotopic (exact) mass is 413 g/mol. The Kier molecular flexibility index (Phi) is 6.42. The fourth-order valence-corrected chi connectivity index (χ4v) is 3.10. The number of ether oxygens (including phenoxy) is 1. The summed E-state index contributed by atoms with van der Waals surface area (Å²) in [5, 5.41) is 3.54. The van der Waals surface area contributed by atoms with E-state index in [0.29, 0.717) is 13.2 Å². The van der Waals surface area contributed by atoms with Crippen LogP contribution in [0.15, 0.2) is 77.3 Å². The molecule has 0 aliphatic heterocycles. The molecular formula is C22H21BrFNO. The average Bonchev–Trinajstić information content (AvgIpc) is 2.67. The average molecular weight is 414 g/mol. The van der Waals surface area contributed by atoms with Gasteiger partial charge in [0.1, 0.15) is 18.2 Å². The summed E-state index contributed by atoms with van der Waals surface area (Å²) in [5.41, 5.74) is 3.26. The van der Waals surface area contributed by atoms with Crippen molar-refractivity contribution in [2.75, 3.05) is 0 Å². The van der Waals surface area contributed by atoms with E-state index >= 15 is 0 Å². The van der Waals surface area contributed by atoms with Crippen LogP contribution >= 0.6 is 15.9 Å². The van der Waals surface area contributed by atoms with Gasteiger partial charge in [-0.25, -0.2) is 4.39 Å². The molecule has 0 radical (unpaired) electrons. The molecule has 1 atom stereocenters. The molecule has 2 nitrogen and oxygen atoms in total. The Labute approximate surface area is 162 Å². The van der Waals surface area contributed by atoms with E-state index in [9.17, 15) is 4.39 Å². The molecule has 3 aromatic rings. The Bertz CT molecular complexity index is 837.